The molecule has 2 N–H and O–H groups in total. The van der Waals surface area contributed by atoms with Gasteiger partial charge in [-0.15, -0.1) is 21.5 Å². The van der Waals surface area contributed by atoms with E-state index >= 15 is 0 Å². The Balaban J connectivity index is 1.53. The van der Waals surface area contributed by atoms with Gasteiger partial charge >= 0.3 is 0 Å². The van der Waals surface area contributed by atoms with E-state index in [1.54, 1.807) is 11.8 Å². The Morgan fingerprint density at radius 3 is 2.91 bits per heavy atom. The second-order valence-electron chi connectivity index (χ2n) is 7.34. The van der Waals surface area contributed by atoms with Gasteiger partial charge in [-0.05, 0) is 30.7 Å². The number of hydrogen-bond acceptors (Lipinski definition) is 6. The van der Waals surface area contributed by atoms with E-state index in [4.69, 9.17) is 0 Å². The van der Waals surface area contributed by atoms with Crippen molar-refractivity contribution in [3.8, 4) is 17.1 Å². The molecular formula is C23H20N6OS2. The molecule has 32 heavy (non-hydrogen) atoms. The molecule has 160 valence electrons. The highest BCUT2D eigenvalue weighted by Crippen LogP contribution is 2.33. The molecule has 1 amide bonds. The van der Waals surface area contributed by atoms with Crippen LogP contribution in [0.2, 0.25) is 0 Å². The summed E-state index contributed by atoms with van der Waals surface area (Å²) in [4.78, 5) is 19.1. The Bertz CT molecular complexity index is 1420. The fraction of sp³-hybridized carbons (Fsp3) is 0.130. The summed E-state index contributed by atoms with van der Waals surface area (Å²) in [5.41, 5.74) is 5.12. The number of aromatic nitrogens is 5. The van der Waals surface area contributed by atoms with Crippen LogP contribution in [0.15, 0.2) is 65.3 Å². The summed E-state index contributed by atoms with van der Waals surface area (Å²) in [5.74, 6) is 1.28. The van der Waals surface area contributed by atoms with Crippen molar-refractivity contribution in [3.05, 3.63) is 71.4 Å². The molecule has 0 radical (unpaired) electrons. The van der Waals surface area contributed by atoms with Gasteiger partial charge in [-0.25, -0.2) is 4.98 Å². The van der Waals surface area contributed by atoms with Crippen molar-refractivity contribution in [2.45, 2.75) is 24.8 Å². The highest BCUT2D eigenvalue weighted by Gasteiger charge is 2.19. The van der Waals surface area contributed by atoms with Crippen molar-refractivity contribution in [2.24, 2.45) is 0 Å². The van der Waals surface area contributed by atoms with Gasteiger partial charge in [0.2, 0.25) is 5.91 Å². The van der Waals surface area contributed by atoms with E-state index in [1.807, 2.05) is 29.8 Å². The number of para-hydroxylation sites is 1. The zero-order chi connectivity index (χ0) is 22.1. The Kier molecular flexibility index (Phi) is 5.50. The molecule has 0 aliphatic rings. The molecule has 5 aromatic rings. The smallest absolute Gasteiger partial charge is 0.223 e. The zero-order valence-electron chi connectivity index (χ0n) is 17.5. The number of aromatic amines is 1. The van der Waals surface area contributed by atoms with E-state index in [2.05, 4.69) is 67.3 Å². The van der Waals surface area contributed by atoms with Crippen molar-refractivity contribution in [1.82, 2.24) is 24.7 Å². The van der Waals surface area contributed by atoms with E-state index in [-0.39, 0.29) is 5.91 Å². The maximum absolute atomic E-state index is 11.3. The fourth-order valence-electron chi connectivity index (χ4n) is 3.51. The van der Waals surface area contributed by atoms with Crippen LogP contribution in [0, 0.1) is 6.92 Å². The van der Waals surface area contributed by atoms with Gasteiger partial charge in [0.25, 0.3) is 0 Å². The second kappa shape index (κ2) is 8.60. The number of thiazole rings is 1. The lowest BCUT2D eigenvalue weighted by molar-refractivity contribution is -0.114. The molecule has 0 fully saturated rings. The molecule has 3 aromatic heterocycles. The number of rotatable bonds is 6. The van der Waals surface area contributed by atoms with E-state index in [0.717, 1.165) is 44.4 Å². The molecule has 2 aromatic carbocycles. The number of aryl methyl sites for hydroxylation is 1. The van der Waals surface area contributed by atoms with Crippen molar-refractivity contribution < 1.29 is 4.79 Å². The number of hydrogen-bond donors (Lipinski definition) is 2. The maximum Gasteiger partial charge on any atom is 0.223 e. The lowest BCUT2D eigenvalue weighted by atomic mass is 10.1. The third-order valence-corrected chi connectivity index (χ3v) is 6.68. The lowest BCUT2D eigenvalue weighted by Gasteiger charge is -2.10. The number of anilines is 1. The predicted molar refractivity (Wildman–Crippen MR) is 129 cm³/mol. The minimum Gasteiger partial charge on any atom is -0.360 e. The average molecular weight is 461 g/mol. The first-order chi connectivity index (χ1) is 15.6. The quantitative estimate of drug-likeness (QED) is 0.330. The van der Waals surface area contributed by atoms with Crippen LogP contribution < -0.4 is 5.32 Å². The summed E-state index contributed by atoms with van der Waals surface area (Å²) in [6.07, 6.45) is 1.98. The van der Waals surface area contributed by atoms with Crippen LogP contribution in [0.1, 0.15) is 18.2 Å². The molecule has 0 saturated heterocycles. The van der Waals surface area contributed by atoms with E-state index < -0.39 is 0 Å². The van der Waals surface area contributed by atoms with Crippen LogP contribution in [0.3, 0.4) is 0 Å². The molecule has 3 heterocycles. The van der Waals surface area contributed by atoms with Gasteiger partial charge in [-0.3, -0.25) is 9.36 Å². The van der Waals surface area contributed by atoms with Crippen molar-refractivity contribution in [2.75, 3.05) is 5.32 Å². The topological polar surface area (TPSA) is 88.5 Å². The molecule has 0 spiro atoms. The van der Waals surface area contributed by atoms with Gasteiger partial charge < -0.3 is 10.3 Å². The van der Waals surface area contributed by atoms with Crippen LogP contribution in [0.25, 0.3) is 28.0 Å². The largest absolute Gasteiger partial charge is 0.360 e. The minimum atomic E-state index is -0.124. The molecule has 0 bridgehead atoms. The zero-order valence-corrected chi connectivity index (χ0v) is 19.1. The highest BCUT2D eigenvalue weighted by atomic mass is 32.2. The monoisotopic (exact) mass is 460 g/mol. The number of nitrogens with zero attached hydrogens (tertiary/aromatic N) is 4. The Morgan fingerprint density at radius 2 is 2.06 bits per heavy atom. The third kappa shape index (κ3) is 4.04. The van der Waals surface area contributed by atoms with E-state index in [9.17, 15) is 4.79 Å². The van der Waals surface area contributed by atoms with Crippen molar-refractivity contribution in [1.29, 1.82) is 0 Å². The van der Waals surface area contributed by atoms with Gasteiger partial charge in [-0.2, -0.15) is 0 Å². The number of carbonyl (C=O) groups excluding carboxylic acids is 1. The summed E-state index contributed by atoms with van der Waals surface area (Å²) in [6, 6.07) is 16.5. The number of thioether (sulfide) groups is 1. The normalized spacial score (nSPS) is 11.2. The van der Waals surface area contributed by atoms with Crippen molar-refractivity contribution in [3.63, 3.8) is 0 Å². The number of benzene rings is 2. The standard InChI is InChI=1S/C23H20N6OS2/c1-14-6-5-7-17(10-14)29-21(19-11-24-20-9-4-3-8-18(19)20)27-28-23(29)32-13-16-12-31-22(26-16)25-15(2)30/h3-12,24H,13H2,1-2H3,(H,25,26,30). The van der Waals surface area contributed by atoms with E-state index in [0.29, 0.717) is 10.9 Å². The SMILES string of the molecule is CC(=O)Nc1nc(CSc2nnc(-c3c[nH]c4ccccc34)n2-c2cccc(C)c2)cs1. The number of carbonyl (C=O) groups is 1. The molecule has 5 rings (SSSR count). The first kappa shape index (κ1) is 20.5. The predicted octanol–water partition coefficient (Wildman–Crippen LogP) is 5.43. The molecule has 0 saturated carbocycles. The summed E-state index contributed by atoms with van der Waals surface area (Å²) < 4.78 is 2.09. The Hall–Kier alpha value is -3.43. The van der Waals surface area contributed by atoms with Gasteiger partial charge in [0, 0.05) is 46.4 Å². The van der Waals surface area contributed by atoms with Gasteiger partial charge in [0.15, 0.2) is 16.1 Å². The van der Waals surface area contributed by atoms with Gasteiger partial charge in [0.1, 0.15) is 0 Å². The molecule has 7 nitrogen and oxygen atoms in total. The van der Waals surface area contributed by atoms with Gasteiger partial charge in [-0.1, -0.05) is 42.1 Å². The molecule has 0 unspecified atom stereocenters. The summed E-state index contributed by atoms with van der Waals surface area (Å²) in [7, 11) is 0. The van der Waals surface area contributed by atoms with Gasteiger partial charge in [0.05, 0.1) is 5.69 Å². The molecule has 0 atom stereocenters. The van der Waals surface area contributed by atoms with E-state index in [1.165, 1.54) is 18.3 Å². The lowest BCUT2D eigenvalue weighted by Crippen LogP contribution is -2.05. The van der Waals surface area contributed by atoms with Crippen molar-refractivity contribution >= 4 is 45.0 Å². The number of H-pyrrole nitrogens is 1. The van der Waals surface area contributed by atoms with Crippen LogP contribution in [0.5, 0.6) is 0 Å². The molecule has 0 aliphatic heterocycles. The third-order valence-electron chi connectivity index (χ3n) is 4.91. The highest BCUT2D eigenvalue weighted by molar-refractivity contribution is 7.98. The second-order valence-corrected chi connectivity index (χ2v) is 9.14. The molecular weight excluding hydrogens is 440 g/mol. The number of nitrogens with one attached hydrogen (secondary N) is 2. The number of amides is 1. The minimum absolute atomic E-state index is 0.124. The molecule has 9 heteroatoms. The average Bonchev–Trinajstić information content (AvgIpc) is 3.49. The first-order valence-electron chi connectivity index (χ1n) is 10.0. The number of fused-ring (bicyclic) bond motifs is 1. The first-order valence-corrected chi connectivity index (χ1v) is 11.9. The summed E-state index contributed by atoms with van der Waals surface area (Å²) >= 11 is 2.98. The maximum atomic E-state index is 11.3. The van der Waals surface area contributed by atoms with Crippen LogP contribution >= 0.6 is 23.1 Å². The van der Waals surface area contributed by atoms with Crippen LogP contribution in [-0.2, 0) is 10.5 Å². The summed E-state index contributed by atoms with van der Waals surface area (Å²) in [5, 5.41) is 16.3. The fourth-order valence-corrected chi connectivity index (χ4v) is 5.22. The molecule has 0 aliphatic carbocycles. The Morgan fingerprint density at radius 1 is 1.19 bits per heavy atom. The Labute approximate surface area is 192 Å². The van der Waals surface area contributed by atoms with Crippen LogP contribution in [0.4, 0.5) is 5.13 Å². The van der Waals surface area contributed by atoms with Crippen LogP contribution in [-0.4, -0.2) is 30.6 Å². The summed E-state index contributed by atoms with van der Waals surface area (Å²) in [6.45, 7) is 3.55.